The van der Waals surface area contributed by atoms with Crippen LogP contribution in [0.4, 0.5) is 0 Å². The van der Waals surface area contributed by atoms with Gasteiger partial charge in [0.1, 0.15) is 0 Å². The standard InChI is InChI=1S/C11H12O2S/c12-9-3-1-8(2-4-9)11-7-10(13)5-6-14-11/h1,3,5-6,8,11H,2,4,7H2/t8-,11+/m1/s1. The van der Waals surface area contributed by atoms with Crippen molar-refractivity contribution >= 4 is 23.3 Å². The fourth-order valence-electron chi connectivity index (χ4n) is 1.81. The number of hydrogen-bond acceptors (Lipinski definition) is 3. The van der Waals surface area contributed by atoms with Crippen LogP contribution in [0, 0.1) is 5.92 Å². The maximum Gasteiger partial charge on any atom is 0.157 e. The number of thioether (sulfide) groups is 1. The van der Waals surface area contributed by atoms with Crippen LogP contribution in [0.25, 0.3) is 0 Å². The highest BCUT2D eigenvalue weighted by atomic mass is 32.2. The summed E-state index contributed by atoms with van der Waals surface area (Å²) >= 11 is 1.71. The summed E-state index contributed by atoms with van der Waals surface area (Å²) < 4.78 is 0. The van der Waals surface area contributed by atoms with E-state index in [4.69, 9.17) is 0 Å². The van der Waals surface area contributed by atoms with Crippen molar-refractivity contribution in [1.82, 2.24) is 0 Å². The zero-order chi connectivity index (χ0) is 9.97. The Balaban J connectivity index is 2.02. The van der Waals surface area contributed by atoms with Gasteiger partial charge in [-0.05, 0) is 29.9 Å². The van der Waals surface area contributed by atoms with Gasteiger partial charge in [0.2, 0.25) is 0 Å². The van der Waals surface area contributed by atoms with Gasteiger partial charge < -0.3 is 0 Å². The minimum absolute atomic E-state index is 0.207. The Morgan fingerprint density at radius 3 is 2.71 bits per heavy atom. The van der Waals surface area contributed by atoms with Crippen LogP contribution in [0.15, 0.2) is 23.6 Å². The van der Waals surface area contributed by atoms with Crippen LogP contribution in [-0.2, 0) is 9.59 Å². The van der Waals surface area contributed by atoms with Gasteiger partial charge >= 0.3 is 0 Å². The Morgan fingerprint density at radius 2 is 2.07 bits per heavy atom. The summed E-state index contributed by atoms with van der Waals surface area (Å²) in [6, 6.07) is 0. The van der Waals surface area contributed by atoms with E-state index in [2.05, 4.69) is 0 Å². The SMILES string of the molecule is O=C1C=C[C@@H]([C@@H]2CC(=O)C=CS2)CC1. The number of carbonyl (C=O) groups excluding carboxylic acids is 2. The van der Waals surface area contributed by atoms with E-state index in [0.29, 0.717) is 24.0 Å². The van der Waals surface area contributed by atoms with Gasteiger partial charge in [-0.25, -0.2) is 0 Å². The maximum atomic E-state index is 11.2. The molecule has 0 spiro atoms. The lowest BCUT2D eigenvalue weighted by atomic mass is 9.90. The fraction of sp³-hybridized carbons (Fsp3) is 0.455. The molecule has 1 aliphatic carbocycles. The Kier molecular flexibility index (Phi) is 2.87. The summed E-state index contributed by atoms with van der Waals surface area (Å²) in [4.78, 5) is 22.2. The van der Waals surface area contributed by atoms with Crippen molar-refractivity contribution in [3.8, 4) is 0 Å². The summed E-state index contributed by atoms with van der Waals surface area (Å²) in [5.74, 6) is 0.814. The molecule has 74 valence electrons. The molecule has 0 aromatic carbocycles. The molecule has 0 fully saturated rings. The van der Waals surface area contributed by atoms with E-state index in [0.717, 1.165) is 6.42 Å². The van der Waals surface area contributed by atoms with Gasteiger partial charge in [-0.15, -0.1) is 11.8 Å². The molecule has 2 atom stereocenters. The average molecular weight is 208 g/mol. The van der Waals surface area contributed by atoms with Crippen LogP contribution in [0.2, 0.25) is 0 Å². The van der Waals surface area contributed by atoms with Gasteiger partial charge in [0, 0.05) is 18.1 Å². The van der Waals surface area contributed by atoms with E-state index in [9.17, 15) is 9.59 Å². The summed E-state index contributed by atoms with van der Waals surface area (Å²) in [7, 11) is 0. The Morgan fingerprint density at radius 1 is 1.21 bits per heavy atom. The molecule has 3 heteroatoms. The lowest BCUT2D eigenvalue weighted by molar-refractivity contribution is -0.115. The molecule has 0 N–H and O–H groups in total. The summed E-state index contributed by atoms with van der Waals surface area (Å²) in [5, 5.41) is 2.22. The lowest BCUT2D eigenvalue weighted by Gasteiger charge is -2.25. The highest BCUT2D eigenvalue weighted by molar-refractivity contribution is 8.02. The average Bonchev–Trinajstić information content (AvgIpc) is 2.19. The highest BCUT2D eigenvalue weighted by Crippen LogP contribution is 2.33. The van der Waals surface area contributed by atoms with E-state index in [1.165, 1.54) is 0 Å². The zero-order valence-corrected chi connectivity index (χ0v) is 8.63. The first kappa shape index (κ1) is 9.71. The predicted octanol–water partition coefficient (Wildman–Crippen LogP) is 2.11. The smallest absolute Gasteiger partial charge is 0.157 e. The van der Waals surface area contributed by atoms with Gasteiger partial charge in [-0.2, -0.15) is 0 Å². The van der Waals surface area contributed by atoms with Crippen LogP contribution < -0.4 is 0 Å². The van der Waals surface area contributed by atoms with Gasteiger partial charge in [-0.1, -0.05) is 6.08 Å². The molecule has 0 aromatic rings. The molecule has 0 saturated heterocycles. The van der Waals surface area contributed by atoms with Crippen LogP contribution in [0.3, 0.4) is 0 Å². The van der Waals surface area contributed by atoms with Crippen molar-refractivity contribution in [3.05, 3.63) is 23.6 Å². The lowest BCUT2D eigenvalue weighted by Crippen LogP contribution is -2.23. The van der Waals surface area contributed by atoms with Crippen LogP contribution in [-0.4, -0.2) is 16.8 Å². The number of rotatable bonds is 1. The summed E-state index contributed by atoms with van der Waals surface area (Å²) in [6.45, 7) is 0. The number of hydrogen-bond donors (Lipinski definition) is 0. The quantitative estimate of drug-likeness (QED) is 0.662. The number of ketones is 2. The molecule has 0 saturated carbocycles. The first-order valence-corrected chi connectivity index (χ1v) is 5.76. The Bertz CT molecular complexity index is 317. The molecule has 1 aliphatic heterocycles. The Labute approximate surface area is 87.4 Å². The van der Waals surface area contributed by atoms with Gasteiger partial charge in [0.05, 0.1) is 0 Å². The normalized spacial score (nSPS) is 32.3. The van der Waals surface area contributed by atoms with Crippen molar-refractivity contribution in [2.24, 2.45) is 5.92 Å². The third-order valence-corrected chi connectivity index (χ3v) is 3.80. The van der Waals surface area contributed by atoms with Crippen LogP contribution in [0.1, 0.15) is 19.3 Å². The topological polar surface area (TPSA) is 34.1 Å². The molecule has 0 radical (unpaired) electrons. The molecule has 0 amide bonds. The van der Waals surface area contributed by atoms with Crippen molar-refractivity contribution in [2.75, 3.05) is 0 Å². The number of allylic oxidation sites excluding steroid dienone is 3. The predicted molar refractivity (Wildman–Crippen MR) is 57.0 cm³/mol. The van der Waals surface area contributed by atoms with Gasteiger partial charge in [-0.3, -0.25) is 9.59 Å². The highest BCUT2D eigenvalue weighted by Gasteiger charge is 2.25. The molecule has 2 rings (SSSR count). The van der Waals surface area contributed by atoms with E-state index in [1.54, 1.807) is 23.9 Å². The molecular weight excluding hydrogens is 196 g/mol. The van der Waals surface area contributed by atoms with Gasteiger partial charge in [0.25, 0.3) is 0 Å². The zero-order valence-electron chi connectivity index (χ0n) is 7.81. The molecule has 1 heterocycles. The minimum Gasteiger partial charge on any atom is -0.295 e. The molecule has 0 unspecified atom stereocenters. The van der Waals surface area contributed by atoms with E-state index in [-0.39, 0.29) is 11.6 Å². The monoisotopic (exact) mass is 208 g/mol. The second kappa shape index (κ2) is 4.13. The van der Waals surface area contributed by atoms with Crippen molar-refractivity contribution in [2.45, 2.75) is 24.5 Å². The first-order valence-electron chi connectivity index (χ1n) is 4.81. The molecule has 2 nitrogen and oxygen atoms in total. The van der Waals surface area contributed by atoms with Crippen molar-refractivity contribution in [3.63, 3.8) is 0 Å². The first-order chi connectivity index (χ1) is 6.75. The molecule has 2 aliphatic rings. The van der Waals surface area contributed by atoms with E-state index >= 15 is 0 Å². The molecule has 0 aromatic heterocycles. The minimum atomic E-state index is 0.207. The second-order valence-electron chi connectivity index (χ2n) is 3.68. The molecule has 14 heavy (non-hydrogen) atoms. The third-order valence-electron chi connectivity index (χ3n) is 2.64. The Hall–Kier alpha value is -0.830. The van der Waals surface area contributed by atoms with Crippen LogP contribution in [0.5, 0.6) is 0 Å². The summed E-state index contributed by atoms with van der Waals surface area (Å²) in [5.41, 5.74) is 0. The fourth-order valence-corrected chi connectivity index (χ4v) is 2.93. The van der Waals surface area contributed by atoms with E-state index in [1.807, 2.05) is 11.5 Å². The largest absolute Gasteiger partial charge is 0.295 e. The maximum absolute atomic E-state index is 11.2. The van der Waals surface area contributed by atoms with Crippen LogP contribution >= 0.6 is 11.8 Å². The number of carbonyl (C=O) groups is 2. The second-order valence-corrected chi connectivity index (χ2v) is 4.83. The van der Waals surface area contributed by atoms with Crippen molar-refractivity contribution < 1.29 is 9.59 Å². The summed E-state index contributed by atoms with van der Waals surface area (Å²) in [6.07, 6.45) is 7.42. The van der Waals surface area contributed by atoms with Crippen molar-refractivity contribution in [1.29, 1.82) is 0 Å². The van der Waals surface area contributed by atoms with E-state index < -0.39 is 0 Å². The molecule has 0 bridgehead atoms. The third kappa shape index (κ3) is 2.15. The molecular formula is C11H12O2S. The van der Waals surface area contributed by atoms with Gasteiger partial charge in [0.15, 0.2) is 11.6 Å².